The molecule has 78 valence electrons. The van der Waals surface area contributed by atoms with E-state index in [1.165, 1.54) is 15.8 Å². The van der Waals surface area contributed by atoms with E-state index in [1.54, 1.807) is 11.3 Å². The third-order valence-corrected chi connectivity index (χ3v) is 4.38. The van der Waals surface area contributed by atoms with Gasteiger partial charge in [0.2, 0.25) is 0 Å². The third-order valence-electron chi connectivity index (χ3n) is 2.86. The highest BCUT2D eigenvalue weighted by Gasteiger charge is 2.28. The van der Waals surface area contributed by atoms with Crippen molar-refractivity contribution in [2.75, 3.05) is 13.6 Å². The second kappa shape index (κ2) is 4.31. The smallest absolute Gasteiger partial charge is 0.0701 e. The minimum atomic E-state index is 0.287. The number of likely N-dealkylation sites (tertiary alicyclic amines) is 1. The van der Waals surface area contributed by atoms with Crippen LogP contribution in [0.5, 0.6) is 0 Å². The Morgan fingerprint density at radius 2 is 2.43 bits per heavy atom. The standard InChI is InChI=1S/C10H15BrN2S/c1-13-4-2-3-8(12)10(13)7-5-9(11)14-6-7/h5-6,8,10H,2-4,12H2,1H3. The van der Waals surface area contributed by atoms with Gasteiger partial charge in [-0.15, -0.1) is 11.3 Å². The molecule has 4 heteroatoms. The number of hydrogen-bond donors (Lipinski definition) is 1. The number of nitrogens with zero attached hydrogens (tertiary/aromatic N) is 1. The van der Waals surface area contributed by atoms with Crippen molar-refractivity contribution in [3.05, 3.63) is 20.8 Å². The van der Waals surface area contributed by atoms with Crippen molar-refractivity contribution < 1.29 is 0 Å². The highest BCUT2D eigenvalue weighted by Crippen LogP contribution is 2.33. The molecule has 2 N–H and O–H groups in total. The molecule has 0 spiro atoms. The maximum absolute atomic E-state index is 6.16. The first-order valence-corrected chi connectivity index (χ1v) is 6.55. The van der Waals surface area contributed by atoms with Crippen LogP contribution < -0.4 is 5.73 Å². The Hall–Kier alpha value is 0.100. The largest absolute Gasteiger partial charge is 0.326 e. The van der Waals surface area contributed by atoms with Gasteiger partial charge >= 0.3 is 0 Å². The monoisotopic (exact) mass is 274 g/mol. The Labute approximate surface area is 97.2 Å². The number of nitrogens with two attached hydrogens (primary N) is 1. The van der Waals surface area contributed by atoms with Crippen molar-refractivity contribution >= 4 is 27.3 Å². The van der Waals surface area contributed by atoms with E-state index in [4.69, 9.17) is 5.73 Å². The Kier molecular flexibility index (Phi) is 3.27. The van der Waals surface area contributed by atoms with Gasteiger partial charge in [0.15, 0.2) is 0 Å². The lowest BCUT2D eigenvalue weighted by atomic mass is 9.93. The van der Waals surface area contributed by atoms with E-state index in [-0.39, 0.29) is 6.04 Å². The highest BCUT2D eigenvalue weighted by atomic mass is 79.9. The molecule has 1 aromatic rings. The molecule has 2 heterocycles. The molecule has 1 aromatic heterocycles. The van der Waals surface area contributed by atoms with Crippen LogP contribution in [-0.4, -0.2) is 24.5 Å². The molecule has 0 aliphatic carbocycles. The fourth-order valence-corrected chi connectivity index (χ4v) is 3.39. The summed E-state index contributed by atoms with van der Waals surface area (Å²) in [5.74, 6) is 0. The van der Waals surface area contributed by atoms with Gasteiger partial charge in [-0.05, 0) is 59.4 Å². The molecule has 0 bridgehead atoms. The molecule has 1 fully saturated rings. The molecule has 1 aliphatic heterocycles. The third kappa shape index (κ3) is 2.03. The Morgan fingerprint density at radius 3 is 3.00 bits per heavy atom. The van der Waals surface area contributed by atoms with Crippen molar-refractivity contribution in [2.45, 2.75) is 24.9 Å². The second-order valence-electron chi connectivity index (χ2n) is 3.92. The summed E-state index contributed by atoms with van der Waals surface area (Å²) < 4.78 is 1.19. The second-order valence-corrected chi connectivity index (χ2v) is 6.21. The number of rotatable bonds is 1. The first kappa shape index (κ1) is 10.6. The zero-order chi connectivity index (χ0) is 10.1. The van der Waals surface area contributed by atoms with E-state index in [0.29, 0.717) is 6.04 Å². The van der Waals surface area contributed by atoms with Gasteiger partial charge in [0.25, 0.3) is 0 Å². The summed E-state index contributed by atoms with van der Waals surface area (Å²) >= 11 is 5.23. The number of halogens is 1. The molecular formula is C10H15BrN2S. The number of thiophene rings is 1. The Balaban J connectivity index is 2.22. The lowest BCUT2D eigenvalue weighted by molar-refractivity contribution is 0.163. The quantitative estimate of drug-likeness (QED) is 0.853. The van der Waals surface area contributed by atoms with Crippen LogP contribution in [0, 0.1) is 0 Å². The van der Waals surface area contributed by atoms with Gasteiger partial charge in [0.1, 0.15) is 0 Å². The number of likely N-dealkylation sites (N-methyl/N-ethyl adjacent to an activating group) is 1. The molecule has 0 aromatic carbocycles. The van der Waals surface area contributed by atoms with E-state index >= 15 is 0 Å². The molecule has 0 radical (unpaired) electrons. The predicted octanol–water partition coefficient (Wildman–Crippen LogP) is 2.60. The van der Waals surface area contributed by atoms with Crippen LogP contribution in [0.1, 0.15) is 24.4 Å². The van der Waals surface area contributed by atoms with Crippen LogP contribution in [0.3, 0.4) is 0 Å². The molecule has 0 saturated carbocycles. The van der Waals surface area contributed by atoms with Crippen molar-refractivity contribution in [1.82, 2.24) is 4.90 Å². The zero-order valence-corrected chi connectivity index (χ0v) is 10.6. The van der Waals surface area contributed by atoms with Crippen molar-refractivity contribution in [3.8, 4) is 0 Å². The Bertz CT molecular complexity index is 303. The van der Waals surface area contributed by atoms with Gasteiger partial charge in [0.05, 0.1) is 9.83 Å². The summed E-state index contributed by atoms with van der Waals surface area (Å²) in [6, 6.07) is 2.89. The SMILES string of the molecule is CN1CCCC(N)C1c1csc(Br)c1. The first-order chi connectivity index (χ1) is 6.68. The highest BCUT2D eigenvalue weighted by molar-refractivity contribution is 9.11. The fourth-order valence-electron chi connectivity index (χ4n) is 2.18. The molecule has 14 heavy (non-hydrogen) atoms. The van der Waals surface area contributed by atoms with Gasteiger partial charge in [-0.3, -0.25) is 4.90 Å². The van der Waals surface area contributed by atoms with Crippen molar-refractivity contribution in [1.29, 1.82) is 0 Å². The van der Waals surface area contributed by atoms with Crippen LogP contribution in [-0.2, 0) is 0 Å². The van der Waals surface area contributed by atoms with Crippen LogP contribution >= 0.6 is 27.3 Å². The summed E-state index contributed by atoms with van der Waals surface area (Å²) in [4.78, 5) is 2.36. The molecule has 2 nitrogen and oxygen atoms in total. The minimum Gasteiger partial charge on any atom is -0.326 e. The summed E-state index contributed by atoms with van der Waals surface area (Å²) in [6.07, 6.45) is 2.36. The van der Waals surface area contributed by atoms with Gasteiger partial charge in [0, 0.05) is 6.04 Å². The molecular weight excluding hydrogens is 260 g/mol. The number of hydrogen-bond acceptors (Lipinski definition) is 3. The van der Waals surface area contributed by atoms with Gasteiger partial charge < -0.3 is 5.73 Å². The summed E-state index contributed by atoms with van der Waals surface area (Å²) in [5, 5.41) is 2.20. The lowest BCUT2D eigenvalue weighted by Gasteiger charge is -2.37. The Morgan fingerprint density at radius 1 is 1.64 bits per heavy atom. The lowest BCUT2D eigenvalue weighted by Crippen LogP contribution is -2.43. The zero-order valence-electron chi connectivity index (χ0n) is 8.24. The van der Waals surface area contributed by atoms with Crippen LogP contribution in [0.4, 0.5) is 0 Å². The molecule has 2 rings (SSSR count). The fraction of sp³-hybridized carbons (Fsp3) is 0.600. The summed E-state index contributed by atoms with van der Waals surface area (Å²) in [7, 11) is 2.16. The summed E-state index contributed by atoms with van der Waals surface area (Å²) in [6.45, 7) is 1.16. The van der Waals surface area contributed by atoms with Gasteiger partial charge in [-0.2, -0.15) is 0 Å². The molecule has 1 aliphatic rings. The molecule has 2 atom stereocenters. The van der Waals surface area contributed by atoms with E-state index in [0.717, 1.165) is 13.0 Å². The topological polar surface area (TPSA) is 29.3 Å². The van der Waals surface area contributed by atoms with Gasteiger partial charge in [-0.1, -0.05) is 0 Å². The van der Waals surface area contributed by atoms with Crippen LogP contribution in [0.25, 0.3) is 0 Å². The predicted molar refractivity (Wildman–Crippen MR) is 64.6 cm³/mol. The van der Waals surface area contributed by atoms with E-state index < -0.39 is 0 Å². The normalized spacial score (nSPS) is 29.4. The van der Waals surface area contributed by atoms with Crippen molar-refractivity contribution in [3.63, 3.8) is 0 Å². The first-order valence-electron chi connectivity index (χ1n) is 4.88. The van der Waals surface area contributed by atoms with Crippen LogP contribution in [0.2, 0.25) is 0 Å². The molecule has 1 saturated heterocycles. The molecule has 2 unspecified atom stereocenters. The van der Waals surface area contributed by atoms with E-state index in [1.807, 2.05) is 0 Å². The van der Waals surface area contributed by atoms with Crippen molar-refractivity contribution in [2.24, 2.45) is 5.73 Å². The maximum Gasteiger partial charge on any atom is 0.0701 e. The maximum atomic E-state index is 6.16. The molecule has 0 amide bonds. The summed E-state index contributed by atoms with van der Waals surface area (Å²) in [5.41, 5.74) is 7.52. The van der Waals surface area contributed by atoms with Crippen LogP contribution in [0.15, 0.2) is 15.2 Å². The minimum absolute atomic E-state index is 0.287. The van der Waals surface area contributed by atoms with E-state index in [9.17, 15) is 0 Å². The average Bonchev–Trinajstić information content (AvgIpc) is 2.51. The van der Waals surface area contributed by atoms with Gasteiger partial charge in [-0.25, -0.2) is 0 Å². The van der Waals surface area contributed by atoms with E-state index in [2.05, 4.69) is 39.3 Å². The average molecular weight is 275 g/mol. The number of piperidine rings is 1.